The van der Waals surface area contributed by atoms with E-state index in [0.29, 0.717) is 5.75 Å². The second-order valence-corrected chi connectivity index (χ2v) is 2.62. The first kappa shape index (κ1) is 9.54. The Labute approximate surface area is 76.5 Å². The molecule has 0 spiro atoms. The number of ether oxygens (including phenoxy) is 1. The second kappa shape index (κ2) is 4.47. The minimum atomic E-state index is -0.0191. The maximum atomic E-state index is 8.82. The van der Waals surface area contributed by atoms with Gasteiger partial charge in [0.25, 0.3) is 0 Å². The van der Waals surface area contributed by atoms with Crippen molar-refractivity contribution in [2.24, 2.45) is 5.73 Å². The fourth-order valence-corrected chi connectivity index (χ4v) is 0.895. The van der Waals surface area contributed by atoms with Crippen LogP contribution in [0.15, 0.2) is 24.3 Å². The molecule has 0 bridgehead atoms. The van der Waals surface area contributed by atoms with Gasteiger partial charge in [-0.25, -0.2) is 0 Å². The highest BCUT2D eigenvalue weighted by Crippen LogP contribution is 2.12. The summed E-state index contributed by atoms with van der Waals surface area (Å²) in [5.74, 6) is 0.594. The van der Waals surface area contributed by atoms with Gasteiger partial charge in [0.15, 0.2) is 0 Å². The SMILES string of the molecule is N=C(N)COc1cccc(CO)c1. The molecule has 70 valence electrons. The van der Waals surface area contributed by atoms with Crippen LogP contribution in [-0.4, -0.2) is 17.5 Å². The van der Waals surface area contributed by atoms with Crippen LogP contribution in [0.25, 0.3) is 0 Å². The van der Waals surface area contributed by atoms with E-state index in [-0.39, 0.29) is 19.0 Å². The van der Waals surface area contributed by atoms with Gasteiger partial charge >= 0.3 is 0 Å². The van der Waals surface area contributed by atoms with E-state index < -0.39 is 0 Å². The first-order valence-electron chi connectivity index (χ1n) is 3.88. The molecule has 1 aromatic rings. The number of nitrogens with one attached hydrogen (secondary N) is 1. The van der Waals surface area contributed by atoms with Crippen LogP contribution in [-0.2, 0) is 6.61 Å². The molecule has 0 amide bonds. The van der Waals surface area contributed by atoms with E-state index in [4.69, 9.17) is 21.0 Å². The van der Waals surface area contributed by atoms with Crippen LogP contribution in [0.4, 0.5) is 0 Å². The summed E-state index contributed by atoms with van der Waals surface area (Å²) in [6.45, 7) is 0.0617. The normalized spacial score (nSPS) is 9.62. The molecule has 0 saturated carbocycles. The van der Waals surface area contributed by atoms with Gasteiger partial charge in [0.05, 0.1) is 6.61 Å². The minimum Gasteiger partial charge on any atom is -0.486 e. The summed E-state index contributed by atoms with van der Waals surface area (Å²) < 4.78 is 5.15. The molecule has 0 aliphatic heterocycles. The first-order valence-corrected chi connectivity index (χ1v) is 3.88. The molecule has 4 heteroatoms. The molecule has 0 unspecified atom stereocenters. The van der Waals surface area contributed by atoms with Gasteiger partial charge in [-0.05, 0) is 17.7 Å². The van der Waals surface area contributed by atoms with Crippen molar-refractivity contribution in [3.05, 3.63) is 29.8 Å². The summed E-state index contributed by atoms with van der Waals surface area (Å²) >= 11 is 0. The number of nitrogens with two attached hydrogens (primary N) is 1. The zero-order valence-electron chi connectivity index (χ0n) is 7.16. The Morgan fingerprint density at radius 3 is 2.92 bits per heavy atom. The molecule has 0 aromatic heterocycles. The highest BCUT2D eigenvalue weighted by molar-refractivity contribution is 5.78. The molecule has 0 fully saturated rings. The molecule has 4 N–H and O–H groups in total. The lowest BCUT2D eigenvalue weighted by atomic mass is 10.2. The van der Waals surface area contributed by atoms with Crippen molar-refractivity contribution in [3.63, 3.8) is 0 Å². The van der Waals surface area contributed by atoms with E-state index in [9.17, 15) is 0 Å². The van der Waals surface area contributed by atoms with Gasteiger partial charge in [-0.2, -0.15) is 0 Å². The molecule has 1 aromatic carbocycles. The average molecular weight is 180 g/mol. The number of aliphatic hydroxyl groups excluding tert-OH is 1. The maximum Gasteiger partial charge on any atom is 0.145 e. The summed E-state index contributed by atoms with van der Waals surface area (Å²) in [5, 5.41) is 15.8. The first-order chi connectivity index (χ1) is 6.22. The molecule has 0 saturated heterocycles. The summed E-state index contributed by atoms with van der Waals surface area (Å²) in [5.41, 5.74) is 5.90. The Bertz CT molecular complexity index is 299. The van der Waals surface area contributed by atoms with Gasteiger partial charge in [0, 0.05) is 0 Å². The average Bonchev–Trinajstić information content (AvgIpc) is 2.15. The number of hydrogen-bond acceptors (Lipinski definition) is 3. The van der Waals surface area contributed by atoms with Crippen molar-refractivity contribution in [1.82, 2.24) is 0 Å². The molecule has 0 aliphatic carbocycles. The topological polar surface area (TPSA) is 79.3 Å². The van der Waals surface area contributed by atoms with Gasteiger partial charge in [-0.15, -0.1) is 0 Å². The lowest BCUT2D eigenvalue weighted by Gasteiger charge is -2.05. The van der Waals surface area contributed by atoms with Crippen molar-refractivity contribution in [3.8, 4) is 5.75 Å². The van der Waals surface area contributed by atoms with Gasteiger partial charge in [0.1, 0.15) is 18.2 Å². The van der Waals surface area contributed by atoms with Crippen molar-refractivity contribution in [2.45, 2.75) is 6.61 Å². The second-order valence-electron chi connectivity index (χ2n) is 2.62. The van der Waals surface area contributed by atoms with Crippen LogP contribution in [0.1, 0.15) is 5.56 Å². The van der Waals surface area contributed by atoms with Crippen molar-refractivity contribution in [1.29, 1.82) is 5.41 Å². The molecule has 13 heavy (non-hydrogen) atoms. The van der Waals surface area contributed by atoms with Crippen molar-refractivity contribution < 1.29 is 9.84 Å². The van der Waals surface area contributed by atoms with Crippen LogP contribution < -0.4 is 10.5 Å². The zero-order valence-corrected chi connectivity index (χ0v) is 7.16. The predicted octanol–water partition coefficient (Wildman–Crippen LogP) is 0.494. The van der Waals surface area contributed by atoms with E-state index in [1.165, 1.54) is 0 Å². The Balaban J connectivity index is 2.61. The fourth-order valence-electron chi connectivity index (χ4n) is 0.895. The number of benzene rings is 1. The monoisotopic (exact) mass is 180 g/mol. The van der Waals surface area contributed by atoms with Crippen LogP contribution in [0, 0.1) is 5.41 Å². The lowest BCUT2D eigenvalue weighted by Crippen LogP contribution is -2.19. The van der Waals surface area contributed by atoms with Crippen molar-refractivity contribution >= 4 is 5.84 Å². The third-order valence-corrected chi connectivity index (χ3v) is 1.48. The number of amidine groups is 1. The molecule has 1 rings (SSSR count). The van der Waals surface area contributed by atoms with E-state index in [1.807, 2.05) is 0 Å². The van der Waals surface area contributed by atoms with Gasteiger partial charge in [-0.1, -0.05) is 12.1 Å². The fraction of sp³-hybridized carbons (Fsp3) is 0.222. The zero-order chi connectivity index (χ0) is 9.68. The Morgan fingerprint density at radius 1 is 1.54 bits per heavy atom. The molecule has 4 nitrogen and oxygen atoms in total. The number of hydrogen-bond donors (Lipinski definition) is 3. The van der Waals surface area contributed by atoms with Crippen LogP contribution in [0.3, 0.4) is 0 Å². The van der Waals surface area contributed by atoms with E-state index in [0.717, 1.165) is 5.56 Å². The highest BCUT2D eigenvalue weighted by atomic mass is 16.5. The summed E-state index contributed by atoms with van der Waals surface area (Å²) in [6, 6.07) is 7.03. The van der Waals surface area contributed by atoms with Gasteiger partial charge in [0.2, 0.25) is 0 Å². The number of rotatable bonds is 4. The Kier molecular flexibility index (Phi) is 3.28. The molecule has 0 heterocycles. The number of aliphatic hydroxyl groups is 1. The Morgan fingerprint density at radius 2 is 2.31 bits per heavy atom. The van der Waals surface area contributed by atoms with E-state index in [2.05, 4.69) is 0 Å². The summed E-state index contributed by atoms with van der Waals surface area (Å²) in [6.07, 6.45) is 0. The third kappa shape index (κ3) is 3.13. The van der Waals surface area contributed by atoms with Crippen molar-refractivity contribution in [2.75, 3.05) is 6.61 Å². The summed E-state index contributed by atoms with van der Waals surface area (Å²) in [4.78, 5) is 0. The highest BCUT2D eigenvalue weighted by Gasteiger charge is 1.96. The Hall–Kier alpha value is -1.55. The molecule has 0 atom stereocenters. The molecular weight excluding hydrogens is 168 g/mol. The summed E-state index contributed by atoms with van der Waals surface area (Å²) in [7, 11) is 0. The lowest BCUT2D eigenvalue weighted by molar-refractivity contribution is 0.280. The van der Waals surface area contributed by atoms with Crippen LogP contribution >= 0.6 is 0 Å². The minimum absolute atomic E-state index is 0.0166. The molecular formula is C9H12N2O2. The largest absolute Gasteiger partial charge is 0.486 e. The third-order valence-electron chi connectivity index (χ3n) is 1.48. The van der Waals surface area contributed by atoms with Crippen LogP contribution in [0.2, 0.25) is 0 Å². The predicted molar refractivity (Wildman–Crippen MR) is 49.8 cm³/mol. The quantitative estimate of drug-likeness (QED) is 0.466. The standard InChI is InChI=1S/C9H12N2O2/c10-9(11)6-13-8-3-1-2-7(4-8)5-12/h1-4,12H,5-6H2,(H3,10,11). The smallest absolute Gasteiger partial charge is 0.145 e. The maximum absolute atomic E-state index is 8.82. The van der Waals surface area contributed by atoms with E-state index in [1.54, 1.807) is 24.3 Å². The molecule has 0 aliphatic rings. The van der Waals surface area contributed by atoms with Gasteiger partial charge in [-0.3, -0.25) is 5.41 Å². The van der Waals surface area contributed by atoms with E-state index >= 15 is 0 Å². The van der Waals surface area contributed by atoms with Crippen LogP contribution in [0.5, 0.6) is 5.75 Å². The molecule has 0 radical (unpaired) electrons. The van der Waals surface area contributed by atoms with Gasteiger partial charge < -0.3 is 15.6 Å².